The van der Waals surface area contributed by atoms with E-state index in [1.165, 1.54) is 17.3 Å². The standard InChI is InChI=1S/C31H32ClN5O2S/c1-19-26(28(38)34-24-12-8-9-13-25(24)39-5)27(20-14-16-22(17-15-20)31(2,3)4)37-29(33-19)35-30(36-37)40-18-21-10-6-7-11-23(21)32/h6-17,27H,18H2,1-5H3,(H,34,38)(H,33,35,36). The van der Waals surface area contributed by atoms with Gasteiger partial charge in [-0.1, -0.05) is 98.7 Å². The predicted octanol–water partition coefficient (Wildman–Crippen LogP) is 7.46. The van der Waals surface area contributed by atoms with Crippen molar-refractivity contribution in [1.29, 1.82) is 0 Å². The zero-order valence-electron chi connectivity index (χ0n) is 23.2. The van der Waals surface area contributed by atoms with Gasteiger partial charge in [0.1, 0.15) is 11.8 Å². The molecule has 0 saturated carbocycles. The van der Waals surface area contributed by atoms with Crippen LogP contribution in [0.5, 0.6) is 5.75 Å². The van der Waals surface area contributed by atoms with Gasteiger partial charge in [-0.2, -0.15) is 4.98 Å². The first-order chi connectivity index (χ1) is 19.2. The summed E-state index contributed by atoms with van der Waals surface area (Å²) in [6.45, 7) is 8.44. The lowest BCUT2D eigenvalue weighted by molar-refractivity contribution is -0.113. The average Bonchev–Trinajstić information content (AvgIpc) is 3.34. The number of methoxy groups -OCH3 is 1. The Kier molecular flexibility index (Phi) is 7.92. The monoisotopic (exact) mass is 573 g/mol. The summed E-state index contributed by atoms with van der Waals surface area (Å²) in [5.74, 6) is 1.55. The van der Waals surface area contributed by atoms with E-state index in [1.54, 1.807) is 11.8 Å². The molecule has 2 N–H and O–H groups in total. The first kappa shape index (κ1) is 27.8. The third-order valence-electron chi connectivity index (χ3n) is 6.84. The molecule has 2 heterocycles. The number of para-hydroxylation sites is 2. The maximum absolute atomic E-state index is 13.9. The Labute approximate surface area is 244 Å². The number of allylic oxidation sites excluding steroid dienone is 1. The fraction of sp³-hybridized carbons (Fsp3) is 0.258. The molecule has 7 nitrogen and oxygen atoms in total. The van der Waals surface area contributed by atoms with Crippen LogP contribution < -0.4 is 15.4 Å². The normalized spacial score (nSPS) is 14.9. The van der Waals surface area contributed by atoms with Crippen LogP contribution in [0, 0.1) is 0 Å². The molecule has 1 aliphatic heterocycles. The van der Waals surface area contributed by atoms with Crippen molar-refractivity contribution in [3.8, 4) is 5.75 Å². The molecule has 206 valence electrons. The van der Waals surface area contributed by atoms with Gasteiger partial charge in [-0.3, -0.25) is 4.79 Å². The third kappa shape index (κ3) is 5.74. The van der Waals surface area contributed by atoms with Crippen LogP contribution in [0.15, 0.2) is 89.2 Å². The molecule has 0 saturated heterocycles. The number of amides is 1. The van der Waals surface area contributed by atoms with E-state index in [1.807, 2.05) is 55.5 Å². The van der Waals surface area contributed by atoms with E-state index >= 15 is 0 Å². The molecule has 1 aliphatic rings. The lowest BCUT2D eigenvalue weighted by Crippen LogP contribution is -2.31. The largest absolute Gasteiger partial charge is 0.495 e. The van der Waals surface area contributed by atoms with Crippen LogP contribution in [0.4, 0.5) is 11.6 Å². The maximum atomic E-state index is 13.9. The number of hydrogen-bond donors (Lipinski definition) is 2. The minimum atomic E-state index is -0.484. The Hall–Kier alpha value is -3.75. The van der Waals surface area contributed by atoms with Crippen molar-refractivity contribution in [2.75, 3.05) is 17.7 Å². The number of aromatic nitrogens is 3. The second-order valence-corrected chi connectivity index (χ2v) is 12.0. The van der Waals surface area contributed by atoms with Gasteiger partial charge in [0.05, 0.1) is 18.4 Å². The Morgan fingerprint density at radius 3 is 2.48 bits per heavy atom. The number of ether oxygens (including phenoxy) is 1. The molecule has 0 radical (unpaired) electrons. The smallest absolute Gasteiger partial charge is 0.255 e. The number of nitrogens with zero attached hydrogens (tertiary/aromatic N) is 3. The van der Waals surface area contributed by atoms with Gasteiger partial charge in [-0.25, -0.2) is 4.68 Å². The molecule has 9 heteroatoms. The summed E-state index contributed by atoms with van der Waals surface area (Å²) in [6, 6.07) is 23.0. The van der Waals surface area contributed by atoms with Crippen molar-refractivity contribution in [1.82, 2.24) is 14.8 Å². The van der Waals surface area contributed by atoms with Gasteiger partial charge in [-0.05, 0) is 47.2 Å². The van der Waals surface area contributed by atoms with Gasteiger partial charge in [0.15, 0.2) is 0 Å². The molecule has 1 amide bonds. The number of fused-ring (bicyclic) bond motifs is 1. The molecule has 1 atom stereocenters. The number of halogens is 1. The Morgan fingerprint density at radius 2 is 1.77 bits per heavy atom. The van der Waals surface area contributed by atoms with E-state index < -0.39 is 6.04 Å². The first-order valence-corrected chi connectivity index (χ1v) is 14.4. The van der Waals surface area contributed by atoms with E-state index in [0.717, 1.165) is 11.1 Å². The second kappa shape index (κ2) is 11.4. The van der Waals surface area contributed by atoms with Crippen LogP contribution in [0.25, 0.3) is 0 Å². The molecule has 0 spiro atoms. The molecular weight excluding hydrogens is 542 g/mol. The maximum Gasteiger partial charge on any atom is 0.255 e. The number of hydrogen-bond acceptors (Lipinski definition) is 6. The van der Waals surface area contributed by atoms with Gasteiger partial charge in [0, 0.05) is 16.5 Å². The molecule has 0 bridgehead atoms. The molecule has 1 aromatic heterocycles. The van der Waals surface area contributed by atoms with E-state index in [-0.39, 0.29) is 11.3 Å². The van der Waals surface area contributed by atoms with E-state index in [4.69, 9.17) is 26.4 Å². The number of rotatable bonds is 7. The predicted molar refractivity (Wildman–Crippen MR) is 162 cm³/mol. The Morgan fingerprint density at radius 1 is 1.07 bits per heavy atom. The number of benzene rings is 3. The van der Waals surface area contributed by atoms with Gasteiger partial charge in [0.25, 0.3) is 5.91 Å². The summed E-state index contributed by atoms with van der Waals surface area (Å²) in [6.07, 6.45) is 0. The van der Waals surface area contributed by atoms with Crippen LogP contribution in [-0.4, -0.2) is 27.8 Å². The number of anilines is 2. The highest BCUT2D eigenvalue weighted by atomic mass is 35.5. The fourth-order valence-corrected chi connectivity index (χ4v) is 5.77. The zero-order valence-corrected chi connectivity index (χ0v) is 24.7. The zero-order chi connectivity index (χ0) is 28.4. The molecule has 5 rings (SSSR count). The van der Waals surface area contributed by atoms with Crippen molar-refractivity contribution in [3.05, 3.63) is 106 Å². The van der Waals surface area contributed by atoms with Crippen molar-refractivity contribution < 1.29 is 9.53 Å². The number of thioether (sulfide) groups is 1. The second-order valence-electron chi connectivity index (χ2n) is 10.6. The van der Waals surface area contributed by atoms with Crippen LogP contribution in [-0.2, 0) is 16.0 Å². The average molecular weight is 574 g/mol. The van der Waals surface area contributed by atoms with Crippen molar-refractivity contribution >= 4 is 40.9 Å². The lowest BCUT2D eigenvalue weighted by atomic mass is 9.85. The quantitative estimate of drug-likeness (QED) is 0.223. The van der Waals surface area contributed by atoms with Crippen LogP contribution in [0.1, 0.15) is 50.4 Å². The molecule has 1 unspecified atom stereocenters. The van der Waals surface area contributed by atoms with Crippen molar-refractivity contribution in [2.45, 2.75) is 50.1 Å². The topological polar surface area (TPSA) is 81.1 Å². The van der Waals surface area contributed by atoms with Gasteiger partial charge in [-0.15, -0.1) is 5.10 Å². The van der Waals surface area contributed by atoms with E-state index in [0.29, 0.717) is 44.6 Å². The third-order valence-corrected chi connectivity index (χ3v) is 8.10. The summed E-state index contributed by atoms with van der Waals surface area (Å²) in [4.78, 5) is 18.6. The summed E-state index contributed by atoms with van der Waals surface area (Å²) >= 11 is 7.87. The van der Waals surface area contributed by atoms with Crippen molar-refractivity contribution in [3.63, 3.8) is 0 Å². The summed E-state index contributed by atoms with van der Waals surface area (Å²) in [5, 5.41) is 12.5. The molecule has 40 heavy (non-hydrogen) atoms. The lowest BCUT2D eigenvalue weighted by Gasteiger charge is -2.29. The number of carbonyl (C=O) groups excluding carboxylic acids is 1. The highest BCUT2D eigenvalue weighted by Gasteiger charge is 2.35. The molecule has 0 aliphatic carbocycles. The van der Waals surface area contributed by atoms with Gasteiger partial charge < -0.3 is 15.4 Å². The number of carbonyl (C=O) groups is 1. The van der Waals surface area contributed by atoms with E-state index in [9.17, 15) is 4.79 Å². The van der Waals surface area contributed by atoms with E-state index in [2.05, 4.69) is 55.7 Å². The van der Waals surface area contributed by atoms with Gasteiger partial charge in [0.2, 0.25) is 11.1 Å². The van der Waals surface area contributed by atoms with Gasteiger partial charge >= 0.3 is 0 Å². The fourth-order valence-electron chi connectivity index (χ4n) is 4.66. The minimum Gasteiger partial charge on any atom is -0.495 e. The summed E-state index contributed by atoms with van der Waals surface area (Å²) in [7, 11) is 1.58. The highest BCUT2D eigenvalue weighted by Crippen LogP contribution is 2.38. The molecule has 3 aromatic carbocycles. The summed E-state index contributed by atoms with van der Waals surface area (Å²) in [5.41, 5.74) is 5.01. The Bertz CT molecular complexity index is 1570. The number of nitrogens with one attached hydrogen (secondary N) is 2. The Balaban J connectivity index is 1.52. The first-order valence-electron chi connectivity index (χ1n) is 13.0. The molecule has 4 aromatic rings. The molecular formula is C31H32ClN5O2S. The van der Waals surface area contributed by atoms with Crippen LogP contribution in [0.2, 0.25) is 5.02 Å². The van der Waals surface area contributed by atoms with Crippen LogP contribution in [0.3, 0.4) is 0 Å². The molecule has 0 fully saturated rings. The van der Waals surface area contributed by atoms with Crippen molar-refractivity contribution in [2.24, 2.45) is 0 Å². The van der Waals surface area contributed by atoms with Crippen LogP contribution >= 0.6 is 23.4 Å². The summed E-state index contributed by atoms with van der Waals surface area (Å²) < 4.78 is 7.26. The highest BCUT2D eigenvalue weighted by molar-refractivity contribution is 7.98. The minimum absolute atomic E-state index is 0.00338. The SMILES string of the molecule is COc1ccccc1NC(=O)C1=C(C)Nc2nc(SCc3ccccc3Cl)nn2C1c1ccc(C(C)(C)C)cc1.